The molecule has 2 aliphatic heterocycles. The fourth-order valence-electron chi connectivity index (χ4n) is 3.98. The van der Waals surface area contributed by atoms with Crippen LogP contribution in [0.4, 0.5) is 5.69 Å². The van der Waals surface area contributed by atoms with Crippen molar-refractivity contribution in [3.8, 4) is 0 Å². The lowest BCUT2D eigenvalue weighted by Crippen LogP contribution is -2.55. The average Bonchev–Trinajstić information content (AvgIpc) is 3.06. The molecule has 2 fully saturated rings. The molecule has 130 valence electrons. The van der Waals surface area contributed by atoms with Gasteiger partial charge in [0, 0.05) is 35.9 Å². The van der Waals surface area contributed by atoms with Gasteiger partial charge < -0.3 is 9.80 Å². The number of halogens is 1. The van der Waals surface area contributed by atoms with E-state index in [1.54, 1.807) is 12.1 Å². The Morgan fingerprint density at radius 2 is 1.68 bits per heavy atom. The van der Waals surface area contributed by atoms with Crippen molar-refractivity contribution >= 4 is 23.2 Å². The average molecular weight is 356 g/mol. The van der Waals surface area contributed by atoms with Crippen LogP contribution in [0.1, 0.15) is 23.2 Å². The number of piperidine rings is 1. The first-order valence-corrected chi connectivity index (χ1v) is 9.14. The minimum absolute atomic E-state index is 0.101. The standard InChI is InChI=1S/C20H22ClN3O/c21-17-8-6-16(7-9-17)19(25)23-12-10-20(11-13-23)14-22-15-24(20)18-4-2-1-3-5-18/h1-9,22H,10-15H2. The SMILES string of the molecule is O=C(c1ccc(Cl)cc1)N1CCC2(CC1)CNCN2c1ccccc1. The van der Waals surface area contributed by atoms with Crippen LogP contribution in [0, 0.1) is 0 Å². The van der Waals surface area contributed by atoms with Crippen molar-refractivity contribution < 1.29 is 4.79 Å². The van der Waals surface area contributed by atoms with Gasteiger partial charge in [0.1, 0.15) is 0 Å². The summed E-state index contributed by atoms with van der Waals surface area (Å²) in [7, 11) is 0. The molecule has 5 heteroatoms. The Hall–Kier alpha value is -2.04. The number of hydrogen-bond acceptors (Lipinski definition) is 3. The van der Waals surface area contributed by atoms with Crippen molar-refractivity contribution in [3.05, 3.63) is 65.2 Å². The number of nitrogens with zero attached hydrogens (tertiary/aromatic N) is 2. The number of carbonyl (C=O) groups is 1. The lowest BCUT2D eigenvalue weighted by molar-refractivity contribution is 0.0679. The number of hydrogen-bond donors (Lipinski definition) is 1. The molecule has 1 N–H and O–H groups in total. The highest BCUT2D eigenvalue weighted by molar-refractivity contribution is 6.30. The first-order valence-electron chi connectivity index (χ1n) is 8.76. The van der Waals surface area contributed by atoms with Crippen molar-refractivity contribution in [2.45, 2.75) is 18.4 Å². The van der Waals surface area contributed by atoms with Crippen LogP contribution in [0.5, 0.6) is 0 Å². The second kappa shape index (κ2) is 6.70. The predicted octanol–water partition coefficient (Wildman–Crippen LogP) is 3.38. The number of anilines is 1. The maximum Gasteiger partial charge on any atom is 0.253 e. The third-order valence-corrected chi connectivity index (χ3v) is 5.69. The molecule has 0 radical (unpaired) electrons. The van der Waals surface area contributed by atoms with Gasteiger partial charge in [-0.3, -0.25) is 10.1 Å². The van der Waals surface area contributed by atoms with Gasteiger partial charge in [-0.1, -0.05) is 29.8 Å². The van der Waals surface area contributed by atoms with Crippen LogP contribution in [-0.2, 0) is 0 Å². The number of benzene rings is 2. The zero-order chi connectivity index (χ0) is 17.3. The molecule has 0 bridgehead atoms. The zero-order valence-electron chi connectivity index (χ0n) is 14.1. The number of amides is 1. The number of rotatable bonds is 2. The Kier molecular flexibility index (Phi) is 4.40. The summed E-state index contributed by atoms with van der Waals surface area (Å²) in [5.74, 6) is 0.101. The number of carbonyl (C=O) groups excluding carboxylic acids is 1. The Bertz CT molecular complexity index is 739. The quantitative estimate of drug-likeness (QED) is 0.897. The molecule has 2 aliphatic rings. The molecular formula is C20H22ClN3O. The van der Waals surface area contributed by atoms with Gasteiger partial charge in [-0.25, -0.2) is 0 Å². The zero-order valence-corrected chi connectivity index (χ0v) is 14.9. The maximum absolute atomic E-state index is 12.7. The summed E-state index contributed by atoms with van der Waals surface area (Å²) >= 11 is 5.92. The van der Waals surface area contributed by atoms with Gasteiger partial charge in [0.2, 0.25) is 0 Å². The molecule has 2 aromatic carbocycles. The summed E-state index contributed by atoms with van der Waals surface area (Å²) in [6, 6.07) is 17.7. The van der Waals surface area contributed by atoms with E-state index in [2.05, 4.69) is 34.5 Å². The van der Waals surface area contributed by atoms with Crippen LogP contribution in [0.3, 0.4) is 0 Å². The van der Waals surface area contributed by atoms with Crippen molar-refractivity contribution in [1.29, 1.82) is 0 Å². The van der Waals surface area contributed by atoms with E-state index in [4.69, 9.17) is 11.6 Å². The van der Waals surface area contributed by atoms with E-state index in [0.717, 1.165) is 39.1 Å². The van der Waals surface area contributed by atoms with Crippen molar-refractivity contribution in [1.82, 2.24) is 10.2 Å². The molecule has 0 aliphatic carbocycles. The van der Waals surface area contributed by atoms with E-state index < -0.39 is 0 Å². The predicted molar refractivity (Wildman–Crippen MR) is 101 cm³/mol. The smallest absolute Gasteiger partial charge is 0.253 e. The molecular weight excluding hydrogens is 334 g/mol. The summed E-state index contributed by atoms with van der Waals surface area (Å²) in [6.45, 7) is 3.42. The largest absolute Gasteiger partial charge is 0.352 e. The first-order chi connectivity index (χ1) is 12.2. The van der Waals surface area contributed by atoms with Gasteiger partial charge >= 0.3 is 0 Å². The van der Waals surface area contributed by atoms with E-state index >= 15 is 0 Å². The van der Waals surface area contributed by atoms with Crippen molar-refractivity contribution in [2.24, 2.45) is 0 Å². The van der Waals surface area contributed by atoms with E-state index in [0.29, 0.717) is 10.6 Å². The van der Waals surface area contributed by atoms with Crippen LogP contribution in [0.25, 0.3) is 0 Å². The molecule has 4 nitrogen and oxygen atoms in total. The van der Waals surface area contributed by atoms with Crippen LogP contribution in [0.15, 0.2) is 54.6 Å². The Labute approximate surface area is 153 Å². The molecule has 0 saturated carbocycles. The molecule has 25 heavy (non-hydrogen) atoms. The summed E-state index contributed by atoms with van der Waals surface area (Å²) in [6.07, 6.45) is 1.96. The highest BCUT2D eigenvalue weighted by Gasteiger charge is 2.44. The fourth-order valence-corrected chi connectivity index (χ4v) is 4.11. The van der Waals surface area contributed by atoms with Gasteiger partial charge in [-0.15, -0.1) is 0 Å². The third-order valence-electron chi connectivity index (χ3n) is 5.44. The molecule has 1 amide bonds. The van der Waals surface area contributed by atoms with Gasteiger partial charge in [0.15, 0.2) is 0 Å². The number of nitrogens with one attached hydrogen (secondary N) is 1. The second-order valence-electron chi connectivity index (χ2n) is 6.87. The van der Waals surface area contributed by atoms with Crippen LogP contribution in [-0.4, -0.2) is 42.6 Å². The molecule has 0 unspecified atom stereocenters. The van der Waals surface area contributed by atoms with E-state index in [9.17, 15) is 4.79 Å². The third kappa shape index (κ3) is 3.12. The van der Waals surface area contributed by atoms with E-state index in [1.807, 2.05) is 23.1 Å². The molecule has 2 heterocycles. The minimum Gasteiger partial charge on any atom is -0.352 e. The second-order valence-corrected chi connectivity index (χ2v) is 7.31. The monoisotopic (exact) mass is 355 g/mol. The molecule has 2 saturated heterocycles. The summed E-state index contributed by atoms with van der Waals surface area (Å²) in [5, 5.41) is 4.18. The van der Waals surface area contributed by atoms with Crippen molar-refractivity contribution in [3.63, 3.8) is 0 Å². The van der Waals surface area contributed by atoms with E-state index in [-0.39, 0.29) is 11.4 Å². The van der Waals surface area contributed by atoms with Crippen LogP contribution in [0.2, 0.25) is 5.02 Å². The molecule has 2 aromatic rings. The number of likely N-dealkylation sites (tertiary alicyclic amines) is 1. The van der Waals surface area contributed by atoms with Gasteiger partial charge in [-0.2, -0.15) is 0 Å². The lowest BCUT2D eigenvalue weighted by atomic mass is 9.86. The first kappa shape index (κ1) is 16.4. The van der Waals surface area contributed by atoms with E-state index in [1.165, 1.54) is 5.69 Å². The van der Waals surface area contributed by atoms with Gasteiger partial charge in [0.25, 0.3) is 5.91 Å². The Morgan fingerprint density at radius 3 is 2.36 bits per heavy atom. The number of para-hydroxylation sites is 1. The Morgan fingerprint density at radius 1 is 1.00 bits per heavy atom. The maximum atomic E-state index is 12.7. The normalized spacial score (nSPS) is 19.4. The molecule has 0 atom stereocenters. The summed E-state index contributed by atoms with van der Waals surface area (Å²) in [4.78, 5) is 17.2. The van der Waals surface area contributed by atoms with Crippen molar-refractivity contribution in [2.75, 3.05) is 31.2 Å². The van der Waals surface area contributed by atoms with Gasteiger partial charge in [-0.05, 0) is 49.2 Å². The molecule has 1 spiro atoms. The highest BCUT2D eigenvalue weighted by atomic mass is 35.5. The fraction of sp³-hybridized carbons (Fsp3) is 0.350. The lowest BCUT2D eigenvalue weighted by Gasteiger charge is -2.45. The summed E-state index contributed by atoms with van der Waals surface area (Å²) < 4.78 is 0. The topological polar surface area (TPSA) is 35.6 Å². The minimum atomic E-state index is 0.101. The van der Waals surface area contributed by atoms with Crippen LogP contribution >= 0.6 is 11.6 Å². The Balaban J connectivity index is 1.47. The summed E-state index contributed by atoms with van der Waals surface area (Å²) in [5.41, 5.74) is 2.08. The highest BCUT2D eigenvalue weighted by Crippen LogP contribution is 2.35. The molecule has 0 aromatic heterocycles. The van der Waals surface area contributed by atoms with Crippen LogP contribution < -0.4 is 10.2 Å². The van der Waals surface area contributed by atoms with Gasteiger partial charge in [0.05, 0.1) is 12.2 Å². The molecule has 4 rings (SSSR count).